The van der Waals surface area contributed by atoms with Gasteiger partial charge in [-0.05, 0) is 70.6 Å². The molecule has 0 spiro atoms. The fraction of sp³-hybridized carbons (Fsp3) is 0.100. The van der Waals surface area contributed by atoms with Crippen LogP contribution in [-0.2, 0) is 13.2 Å². The number of pyridine rings is 1. The first kappa shape index (κ1) is 18.7. The van der Waals surface area contributed by atoms with Crippen molar-refractivity contribution >= 4 is 40.1 Å². The summed E-state index contributed by atoms with van der Waals surface area (Å²) in [5.74, 6) is 0.606. The number of nitrogens with zero attached hydrogens (tertiary/aromatic N) is 1. The number of carbonyl (C=O) groups is 1. The molecule has 2 aromatic carbocycles. The summed E-state index contributed by atoms with van der Waals surface area (Å²) in [4.78, 5) is 16.6. The molecule has 132 valence electrons. The largest absolute Gasteiger partial charge is 0.487 e. The molecule has 26 heavy (non-hydrogen) atoms. The molecule has 0 bridgehead atoms. The first-order valence-electron chi connectivity index (χ1n) is 7.97. The molecule has 1 amide bonds. The molecule has 0 fully saturated rings. The lowest BCUT2D eigenvalue weighted by Crippen LogP contribution is -2.23. The van der Waals surface area contributed by atoms with Crippen molar-refractivity contribution in [2.24, 2.45) is 0 Å². The van der Waals surface area contributed by atoms with Gasteiger partial charge in [-0.1, -0.05) is 29.8 Å². The lowest BCUT2D eigenvalue weighted by molar-refractivity contribution is 0.0950. The molecule has 1 aromatic heterocycles. The topological polar surface area (TPSA) is 51.2 Å². The number of rotatable bonds is 6. The first-order valence-corrected chi connectivity index (χ1v) is 9.42. The summed E-state index contributed by atoms with van der Waals surface area (Å²) < 4.78 is 6.58. The van der Waals surface area contributed by atoms with Crippen LogP contribution in [0.5, 0.6) is 5.75 Å². The van der Waals surface area contributed by atoms with Crippen molar-refractivity contribution in [2.75, 3.05) is 0 Å². The molecule has 0 saturated heterocycles. The van der Waals surface area contributed by atoms with Crippen LogP contribution in [-0.4, -0.2) is 10.9 Å². The molecule has 0 atom stereocenters. The Bertz CT molecular complexity index is 903. The highest BCUT2D eigenvalue weighted by molar-refractivity contribution is 14.1. The van der Waals surface area contributed by atoms with E-state index in [0.717, 1.165) is 20.6 Å². The van der Waals surface area contributed by atoms with E-state index in [2.05, 4.69) is 32.9 Å². The third-order valence-electron chi connectivity index (χ3n) is 3.64. The molecule has 0 aliphatic rings. The molecule has 0 radical (unpaired) electrons. The molecule has 0 unspecified atom stereocenters. The summed E-state index contributed by atoms with van der Waals surface area (Å²) in [7, 11) is 0. The maximum Gasteiger partial charge on any atom is 0.252 e. The Kier molecular flexibility index (Phi) is 6.46. The van der Waals surface area contributed by atoms with E-state index in [0.29, 0.717) is 23.7 Å². The third-order valence-corrected chi connectivity index (χ3v) is 4.77. The Morgan fingerprint density at radius 1 is 1.12 bits per heavy atom. The molecule has 0 aliphatic heterocycles. The van der Waals surface area contributed by atoms with Crippen LogP contribution >= 0.6 is 34.2 Å². The molecule has 4 nitrogen and oxygen atoms in total. The van der Waals surface area contributed by atoms with E-state index >= 15 is 0 Å². The monoisotopic (exact) mass is 478 g/mol. The van der Waals surface area contributed by atoms with Gasteiger partial charge in [-0.3, -0.25) is 9.78 Å². The Balaban J connectivity index is 1.59. The van der Waals surface area contributed by atoms with Crippen molar-refractivity contribution in [3.8, 4) is 5.75 Å². The molecule has 1 N–H and O–H groups in total. The van der Waals surface area contributed by atoms with Gasteiger partial charge in [0, 0.05) is 21.3 Å². The summed E-state index contributed by atoms with van der Waals surface area (Å²) in [6.07, 6.45) is 1.74. The molecule has 6 heteroatoms. The van der Waals surface area contributed by atoms with Crippen molar-refractivity contribution in [1.82, 2.24) is 10.3 Å². The zero-order valence-corrected chi connectivity index (χ0v) is 16.7. The number of hydrogen-bond acceptors (Lipinski definition) is 3. The minimum absolute atomic E-state index is 0.133. The minimum atomic E-state index is -0.133. The molecule has 0 saturated carbocycles. The van der Waals surface area contributed by atoms with E-state index in [1.54, 1.807) is 24.4 Å². The number of halogens is 2. The number of carbonyl (C=O) groups excluding carboxylic acids is 1. The minimum Gasteiger partial charge on any atom is -0.487 e. The summed E-state index contributed by atoms with van der Waals surface area (Å²) in [6, 6.07) is 18.6. The molecule has 0 aliphatic carbocycles. The van der Waals surface area contributed by atoms with E-state index in [4.69, 9.17) is 16.3 Å². The van der Waals surface area contributed by atoms with Gasteiger partial charge in [-0.2, -0.15) is 0 Å². The van der Waals surface area contributed by atoms with Gasteiger partial charge in [-0.15, -0.1) is 0 Å². The number of hydrogen-bond donors (Lipinski definition) is 1. The van der Waals surface area contributed by atoms with Gasteiger partial charge in [0.05, 0.1) is 11.3 Å². The van der Waals surface area contributed by atoms with Gasteiger partial charge in [-0.25, -0.2) is 0 Å². The molecule has 3 rings (SSSR count). The second-order valence-electron chi connectivity index (χ2n) is 5.56. The van der Waals surface area contributed by atoms with Crippen LogP contribution in [0.4, 0.5) is 0 Å². The van der Waals surface area contributed by atoms with Crippen LogP contribution in [0.1, 0.15) is 21.6 Å². The number of nitrogens with one attached hydrogen (secondary N) is 1. The normalized spacial score (nSPS) is 10.4. The van der Waals surface area contributed by atoms with Gasteiger partial charge in [0.1, 0.15) is 12.4 Å². The SMILES string of the molecule is O=C(NCc1cccc(OCc2ccccn2)c1)c1ccc(Cl)cc1I. The van der Waals surface area contributed by atoms with E-state index in [1.165, 1.54) is 0 Å². The van der Waals surface area contributed by atoms with Crippen LogP contribution in [0.15, 0.2) is 66.9 Å². The van der Waals surface area contributed by atoms with Crippen molar-refractivity contribution in [3.63, 3.8) is 0 Å². The van der Waals surface area contributed by atoms with Gasteiger partial charge >= 0.3 is 0 Å². The fourth-order valence-electron chi connectivity index (χ4n) is 2.34. The zero-order chi connectivity index (χ0) is 18.4. The average Bonchev–Trinajstić information content (AvgIpc) is 2.66. The second kappa shape index (κ2) is 9.00. The van der Waals surface area contributed by atoms with Crippen LogP contribution in [0.2, 0.25) is 5.02 Å². The Morgan fingerprint density at radius 3 is 2.77 bits per heavy atom. The predicted octanol–water partition coefficient (Wildman–Crippen LogP) is 4.85. The highest BCUT2D eigenvalue weighted by Gasteiger charge is 2.10. The standard InChI is InChI=1S/C20H16ClIN2O2/c21-15-7-8-18(19(22)11-15)20(25)24-12-14-4-3-6-17(10-14)26-13-16-5-1-2-9-23-16/h1-11H,12-13H2,(H,24,25). The van der Waals surface area contributed by atoms with E-state index in [-0.39, 0.29) is 5.91 Å². The summed E-state index contributed by atoms with van der Waals surface area (Å²) in [6.45, 7) is 0.817. The first-order chi connectivity index (χ1) is 12.6. The van der Waals surface area contributed by atoms with Crippen LogP contribution in [0.25, 0.3) is 0 Å². The maximum absolute atomic E-state index is 12.3. The van der Waals surface area contributed by atoms with Crippen LogP contribution in [0, 0.1) is 3.57 Å². The van der Waals surface area contributed by atoms with Gasteiger partial charge < -0.3 is 10.1 Å². The summed E-state index contributed by atoms with van der Waals surface area (Å²) >= 11 is 8.04. The quantitative estimate of drug-likeness (QED) is 0.516. The Labute approximate surface area is 170 Å². The van der Waals surface area contributed by atoms with Gasteiger partial charge in [0.15, 0.2) is 0 Å². The molecular formula is C20H16ClIN2O2. The smallest absolute Gasteiger partial charge is 0.252 e. The summed E-state index contributed by atoms with van der Waals surface area (Å²) in [5.41, 5.74) is 2.43. The highest BCUT2D eigenvalue weighted by Crippen LogP contribution is 2.19. The lowest BCUT2D eigenvalue weighted by atomic mass is 10.2. The Morgan fingerprint density at radius 2 is 2.00 bits per heavy atom. The zero-order valence-electron chi connectivity index (χ0n) is 13.8. The van der Waals surface area contributed by atoms with Gasteiger partial charge in [0.2, 0.25) is 0 Å². The molecule has 3 aromatic rings. The van der Waals surface area contributed by atoms with E-state index < -0.39 is 0 Å². The Hall–Kier alpha value is -2.12. The molecular weight excluding hydrogens is 463 g/mol. The highest BCUT2D eigenvalue weighted by atomic mass is 127. The van der Waals surface area contributed by atoms with Crippen LogP contribution in [0.3, 0.4) is 0 Å². The van der Waals surface area contributed by atoms with Crippen molar-refractivity contribution < 1.29 is 9.53 Å². The maximum atomic E-state index is 12.3. The van der Waals surface area contributed by atoms with Crippen molar-refractivity contribution in [2.45, 2.75) is 13.2 Å². The lowest BCUT2D eigenvalue weighted by Gasteiger charge is -2.10. The van der Waals surface area contributed by atoms with E-state index in [1.807, 2.05) is 42.5 Å². The van der Waals surface area contributed by atoms with E-state index in [9.17, 15) is 4.79 Å². The third kappa shape index (κ3) is 5.19. The average molecular weight is 479 g/mol. The van der Waals surface area contributed by atoms with Crippen molar-refractivity contribution in [3.05, 3.63) is 92.3 Å². The predicted molar refractivity (Wildman–Crippen MR) is 110 cm³/mol. The van der Waals surface area contributed by atoms with Crippen LogP contribution < -0.4 is 10.1 Å². The number of benzene rings is 2. The van der Waals surface area contributed by atoms with Gasteiger partial charge in [0.25, 0.3) is 5.91 Å². The number of amides is 1. The number of ether oxygens (including phenoxy) is 1. The second-order valence-corrected chi connectivity index (χ2v) is 7.16. The number of aromatic nitrogens is 1. The molecule has 1 heterocycles. The summed E-state index contributed by atoms with van der Waals surface area (Å²) in [5, 5.41) is 3.54. The van der Waals surface area contributed by atoms with Crippen molar-refractivity contribution in [1.29, 1.82) is 0 Å². The fourth-order valence-corrected chi connectivity index (χ4v) is 3.45.